The molecule has 0 bridgehead atoms. The fourth-order valence-corrected chi connectivity index (χ4v) is 2.01. The lowest BCUT2D eigenvalue weighted by Gasteiger charge is -2.21. The smallest absolute Gasteiger partial charge is 0.0674 e. The van der Waals surface area contributed by atoms with Crippen LogP contribution in [0, 0.1) is 0 Å². The summed E-state index contributed by atoms with van der Waals surface area (Å²) in [7, 11) is 2.14. The molecule has 1 aliphatic rings. The summed E-state index contributed by atoms with van der Waals surface area (Å²) in [6, 6.07) is 0. The van der Waals surface area contributed by atoms with Gasteiger partial charge in [0.05, 0.1) is 12.7 Å². The molecule has 1 unspecified atom stereocenters. The van der Waals surface area contributed by atoms with Crippen LogP contribution in [0.2, 0.25) is 0 Å². The lowest BCUT2D eigenvalue weighted by atomic mass is 10.3. The van der Waals surface area contributed by atoms with Crippen LogP contribution in [-0.2, 0) is 4.74 Å². The van der Waals surface area contributed by atoms with Crippen molar-refractivity contribution in [3.05, 3.63) is 0 Å². The fourth-order valence-electron chi connectivity index (χ4n) is 2.01. The number of likely N-dealkylation sites (N-methyl/N-ethyl adjacent to an activating group) is 1. The average molecular weight is 214 g/mol. The Balaban J connectivity index is 1.98. The molecule has 0 aromatic heterocycles. The minimum Gasteiger partial charge on any atom is -0.376 e. The van der Waals surface area contributed by atoms with Crippen LogP contribution in [0.5, 0.6) is 0 Å². The van der Waals surface area contributed by atoms with Crippen LogP contribution in [0.1, 0.15) is 26.7 Å². The van der Waals surface area contributed by atoms with Crippen LogP contribution in [0.25, 0.3) is 0 Å². The van der Waals surface area contributed by atoms with Gasteiger partial charge in [0.1, 0.15) is 0 Å². The van der Waals surface area contributed by atoms with Crippen molar-refractivity contribution in [2.45, 2.75) is 32.8 Å². The summed E-state index contributed by atoms with van der Waals surface area (Å²) in [4.78, 5) is 4.79. The molecule has 0 aromatic rings. The minimum absolute atomic E-state index is 0.359. The summed E-state index contributed by atoms with van der Waals surface area (Å²) in [6.45, 7) is 11.0. The van der Waals surface area contributed by atoms with Crippen molar-refractivity contribution >= 4 is 0 Å². The molecule has 3 heteroatoms. The number of ether oxygens (including phenoxy) is 1. The second-order valence-corrected chi connectivity index (χ2v) is 4.59. The molecule has 0 saturated carbocycles. The van der Waals surface area contributed by atoms with E-state index in [1.807, 2.05) is 0 Å². The van der Waals surface area contributed by atoms with Crippen molar-refractivity contribution in [2.24, 2.45) is 0 Å². The summed E-state index contributed by atoms with van der Waals surface area (Å²) in [5.41, 5.74) is 0. The van der Waals surface area contributed by atoms with Gasteiger partial charge in [-0.2, -0.15) is 0 Å². The van der Waals surface area contributed by atoms with Gasteiger partial charge in [0.25, 0.3) is 0 Å². The van der Waals surface area contributed by atoms with Crippen molar-refractivity contribution in [3.63, 3.8) is 0 Å². The van der Waals surface area contributed by atoms with Gasteiger partial charge in [0.2, 0.25) is 0 Å². The molecule has 0 spiro atoms. The molecule has 0 aliphatic carbocycles. The zero-order valence-electron chi connectivity index (χ0n) is 10.5. The molecular weight excluding hydrogens is 188 g/mol. The van der Waals surface area contributed by atoms with E-state index in [0.29, 0.717) is 6.10 Å². The maximum absolute atomic E-state index is 5.79. The Labute approximate surface area is 94.4 Å². The van der Waals surface area contributed by atoms with Gasteiger partial charge in [0.15, 0.2) is 0 Å². The Morgan fingerprint density at radius 2 is 2.00 bits per heavy atom. The third-order valence-corrected chi connectivity index (χ3v) is 3.12. The lowest BCUT2D eigenvalue weighted by molar-refractivity contribution is 0.0338. The Morgan fingerprint density at radius 3 is 2.60 bits per heavy atom. The SMILES string of the molecule is CCN(C)CC(C)OCCN1CCCC1. The fraction of sp³-hybridized carbons (Fsp3) is 1.00. The maximum Gasteiger partial charge on any atom is 0.0674 e. The Kier molecular flexibility index (Phi) is 6.22. The second-order valence-electron chi connectivity index (χ2n) is 4.59. The quantitative estimate of drug-likeness (QED) is 0.638. The van der Waals surface area contributed by atoms with E-state index < -0.39 is 0 Å². The highest BCUT2D eigenvalue weighted by atomic mass is 16.5. The van der Waals surface area contributed by atoms with Crippen molar-refractivity contribution in [1.29, 1.82) is 0 Å². The largest absolute Gasteiger partial charge is 0.376 e. The number of rotatable bonds is 7. The third-order valence-electron chi connectivity index (χ3n) is 3.12. The summed E-state index contributed by atoms with van der Waals surface area (Å²) >= 11 is 0. The Morgan fingerprint density at radius 1 is 1.33 bits per heavy atom. The van der Waals surface area contributed by atoms with Crippen LogP contribution in [0.3, 0.4) is 0 Å². The van der Waals surface area contributed by atoms with Crippen LogP contribution in [0.4, 0.5) is 0 Å². The lowest BCUT2D eigenvalue weighted by Crippen LogP contribution is -2.31. The predicted molar refractivity (Wildman–Crippen MR) is 64.3 cm³/mol. The van der Waals surface area contributed by atoms with Gasteiger partial charge in [-0.15, -0.1) is 0 Å². The zero-order chi connectivity index (χ0) is 11.1. The van der Waals surface area contributed by atoms with Crippen LogP contribution in [-0.4, -0.2) is 62.3 Å². The Bertz CT molecular complexity index is 158. The monoisotopic (exact) mass is 214 g/mol. The number of nitrogens with zero attached hydrogens (tertiary/aromatic N) is 2. The first kappa shape index (κ1) is 12.9. The van der Waals surface area contributed by atoms with E-state index in [1.54, 1.807) is 0 Å². The first-order valence-electron chi connectivity index (χ1n) is 6.25. The predicted octanol–water partition coefficient (Wildman–Crippen LogP) is 1.44. The molecule has 15 heavy (non-hydrogen) atoms. The molecule has 0 amide bonds. The van der Waals surface area contributed by atoms with Gasteiger partial charge in [-0.3, -0.25) is 0 Å². The van der Waals surface area contributed by atoms with Crippen molar-refractivity contribution in [1.82, 2.24) is 9.80 Å². The van der Waals surface area contributed by atoms with Crippen LogP contribution < -0.4 is 0 Å². The molecule has 0 N–H and O–H groups in total. The third kappa shape index (κ3) is 5.50. The molecule has 1 rings (SSSR count). The minimum atomic E-state index is 0.359. The highest BCUT2D eigenvalue weighted by molar-refractivity contribution is 4.65. The van der Waals surface area contributed by atoms with Crippen molar-refractivity contribution in [2.75, 3.05) is 46.4 Å². The van der Waals surface area contributed by atoms with Crippen molar-refractivity contribution < 1.29 is 4.74 Å². The first-order chi connectivity index (χ1) is 7.22. The van der Waals surface area contributed by atoms with Gasteiger partial charge >= 0.3 is 0 Å². The molecule has 1 aliphatic heterocycles. The van der Waals surface area contributed by atoms with E-state index in [-0.39, 0.29) is 0 Å². The Hall–Kier alpha value is -0.120. The highest BCUT2D eigenvalue weighted by Crippen LogP contribution is 2.06. The van der Waals surface area contributed by atoms with Gasteiger partial charge in [-0.25, -0.2) is 0 Å². The molecular formula is C12H26N2O. The zero-order valence-corrected chi connectivity index (χ0v) is 10.5. The van der Waals surface area contributed by atoms with E-state index >= 15 is 0 Å². The van der Waals surface area contributed by atoms with Gasteiger partial charge in [0, 0.05) is 13.1 Å². The molecule has 90 valence electrons. The topological polar surface area (TPSA) is 15.7 Å². The molecule has 0 aromatic carbocycles. The summed E-state index contributed by atoms with van der Waals surface area (Å²) in [6.07, 6.45) is 3.10. The molecule has 1 heterocycles. The van der Waals surface area contributed by atoms with E-state index in [0.717, 1.165) is 26.2 Å². The van der Waals surface area contributed by atoms with E-state index in [9.17, 15) is 0 Å². The van der Waals surface area contributed by atoms with Gasteiger partial charge < -0.3 is 14.5 Å². The van der Waals surface area contributed by atoms with Gasteiger partial charge in [-0.1, -0.05) is 6.92 Å². The normalized spacial score (nSPS) is 20.0. The summed E-state index contributed by atoms with van der Waals surface area (Å²) < 4.78 is 5.79. The average Bonchev–Trinajstić information content (AvgIpc) is 2.70. The molecule has 3 nitrogen and oxygen atoms in total. The summed E-state index contributed by atoms with van der Waals surface area (Å²) in [5.74, 6) is 0. The standard InChI is InChI=1S/C12H26N2O/c1-4-13(3)11-12(2)15-10-9-14-7-5-6-8-14/h12H,4-11H2,1-3H3. The van der Waals surface area contributed by atoms with E-state index in [2.05, 4.69) is 30.7 Å². The highest BCUT2D eigenvalue weighted by Gasteiger charge is 2.11. The van der Waals surface area contributed by atoms with Crippen molar-refractivity contribution in [3.8, 4) is 0 Å². The van der Waals surface area contributed by atoms with Gasteiger partial charge in [-0.05, 0) is 46.4 Å². The van der Waals surface area contributed by atoms with Crippen LogP contribution in [0.15, 0.2) is 0 Å². The molecule has 1 fully saturated rings. The van der Waals surface area contributed by atoms with E-state index in [1.165, 1.54) is 25.9 Å². The summed E-state index contributed by atoms with van der Waals surface area (Å²) in [5, 5.41) is 0. The van der Waals surface area contributed by atoms with Crippen LogP contribution >= 0.6 is 0 Å². The number of hydrogen-bond acceptors (Lipinski definition) is 3. The number of hydrogen-bond donors (Lipinski definition) is 0. The second kappa shape index (κ2) is 7.20. The van der Waals surface area contributed by atoms with E-state index in [4.69, 9.17) is 4.74 Å². The maximum atomic E-state index is 5.79. The number of likely N-dealkylation sites (tertiary alicyclic amines) is 1. The molecule has 0 radical (unpaired) electrons. The first-order valence-corrected chi connectivity index (χ1v) is 6.25. The molecule has 1 atom stereocenters. The molecule has 1 saturated heterocycles.